The van der Waals surface area contributed by atoms with Crippen molar-refractivity contribution in [3.05, 3.63) is 71.3 Å². The molecule has 0 bridgehead atoms. The highest BCUT2D eigenvalue weighted by Crippen LogP contribution is 2.29. The van der Waals surface area contributed by atoms with E-state index in [9.17, 15) is 18.3 Å². The predicted molar refractivity (Wildman–Crippen MR) is 84.0 cm³/mol. The molecule has 2 N–H and O–H groups in total. The molecule has 23 heavy (non-hydrogen) atoms. The molecule has 0 radical (unpaired) electrons. The fourth-order valence-electron chi connectivity index (χ4n) is 2.36. The summed E-state index contributed by atoms with van der Waals surface area (Å²) in [6.07, 6.45) is -4.37. The highest BCUT2D eigenvalue weighted by Gasteiger charge is 2.30. The maximum Gasteiger partial charge on any atom is 0.416 e. The van der Waals surface area contributed by atoms with Crippen molar-refractivity contribution < 1.29 is 18.3 Å². The van der Waals surface area contributed by atoms with Crippen LogP contribution in [0.15, 0.2) is 54.6 Å². The number of alkyl halides is 3. The maximum atomic E-state index is 12.5. The normalized spacial score (nSPS) is 14.5. The van der Waals surface area contributed by atoms with E-state index in [-0.39, 0.29) is 6.04 Å². The van der Waals surface area contributed by atoms with Gasteiger partial charge in [0.15, 0.2) is 0 Å². The Bertz CT molecular complexity index is 596. The van der Waals surface area contributed by atoms with Gasteiger partial charge in [-0.25, -0.2) is 0 Å². The number of aliphatic hydroxyl groups excluding tert-OH is 1. The maximum absolute atomic E-state index is 12.5. The molecule has 2 unspecified atom stereocenters. The number of hydrogen-bond donors (Lipinski definition) is 2. The lowest BCUT2D eigenvalue weighted by atomic mass is 10.0. The molecule has 2 aromatic carbocycles. The lowest BCUT2D eigenvalue weighted by Crippen LogP contribution is -2.32. The summed E-state index contributed by atoms with van der Waals surface area (Å²) in [6.45, 7) is 2.30. The monoisotopic (exact) mass is 323 g/mol. The van der Waals surface area contributed by atoms with Gasteiger partial charge in [0.05, 0.1) is 11.7 Å². The molecule has 0 fully saturated rings. The summed E-state index contributed by atoms with van der Waals surface area (Å²) in [6, 6.07) is 14.7. The largest absolute Gasteiger partial charge is 0.416 e. The van der Waals surface area contributed by atoms with Crippen molar-refractivity contribution in [3.8, 4) is 0 Å². The van der Waals surface area contributed by atoms with E-state index in [1.165, 1.54) is 17.7 Å². The number of aliphatic hydroxyl groups is 1. The number of rotatable bonds is 6. The van der Waals surface area contributed by atoms with Crippen molar-refractivity contribution in [2.45, 2.75) is 31.7 Å². The number of hydrogen-bond acceptors (Lipinski definition) is 2. The minimum atomic E-state index is -4.36. The minimum Gasteiger partial charge on any atom is -0.387 e. The minimum absolute atomic E-state index is 0.154. The molecule has 0 saturated heterocycles. The van der Waals surface area contributed by atoms with Gasteiger partial charge in [0.1, 0.15) is 0 Å². The molecule has 0 aromatic heterocycles. The molecule has 0 heterocycles. The molecule has 124 valence electrons. The third kappa shape index (κ3) is 5.37. The first-order valence-electron chi connectivity index (χ1n) is 7.49. The third-order valence-corrected chi connectivity index (χ3v) is 3.67. The third-order valence-electron chi connectivity index (χ3n) is 3.67. The van der Waals surface area contributed by atoms with Gasteiger partial charge in [-0.2, -0.15) is 13.2 Å². The van der Waals surface area contributed by atoms with Crippen LogP contribution < -0.4 is 5.32 Å². The van der Waals surface area contributed by atoms with Crippen LogP contribution in [0.4, 0.5) is 13.2 Å². The molecular formula is C18H20F3NO. The van der Waals surface area contributed by atoms with E-state index >= 15 is 0 Å². The second-order valence-corrected chi connectivity index (χ2v) is 5.63. The van der Waals surface area contributed by atoms with Crippen molar-refractivity contribution in [2.75, 3.05) is 6.54 Å². The predicted octanol–water partition coefficient (Wildman–Crippen LogP) is 3.96. The average molecular weight is 323 g/mol. The van der Waals surface area contributed by atoms with E-state index in [0.717, 1.165) is 18.6 Å². The van der Waals surface area contributed by atoms with E-state index in [1.807, 2.05) is 37.3 Å². The molecule has 0 aliphatic rings. The Hall–Kier alpha value is -1.85. The zero-order valence-corrected chi connectivity index (χ0v) is 12.8. The molecule has 0 aliphatic heterocycles. The lowest BCUT2D eigenvalue weighted by molar-refractivity contribution is -0.137. The second kappa shape index (κ2) is 7.62. The van der Waals surface area contributed by atoms with Crippen LogP contribution in [-0.4, -0.2) is 17.7 Å². The van der Waals surface area contributed by atoms with Crippen molar-refractivity contribution in [3.63, 3.8) is 0 Å². The zero-order valence-electron chi connectivity index (χ0n) is 12.8. The van der Waals surface area contributed by atoms with Crippen molar-refractivity contribution in [1.82, 2.24) is 5.32 Å². The topological polar surface area (TPSA) is 32.3 Å². The Morgan fingerprint density at radius 3 is 2.17 bits per heavy atom. The lowest BCUT2D eigenvalue weighted by Gasteiger charge is -2.18. The van der Waals surface area contributed by atoms with Gasteiger partial charge in [0, 0.05) is 12.6 Å². The van der Waals surface area contributed by atoms with Gasteiger partial charge in [-0.3, -0.25) is 0 Å². The highest BCUT2D eigenvalue weighted by atomic mass is 19.4. The van der Waals surface area contributed by atoms with Crippen LogP contribution in [0, 0.1) is 0 Å². The summed E-state index contributed by atoms with van der Waals surface area (Å²) < 4.78 is 37.5. The summed E-state index contributed by atoms with van der Waals surface area (Å²) in [4.78, 5) is 0. The molecule has 2 nitrogen and oxygen atoms in total. The molecule has 0 spiro atoms. The Morgan fingerprint density at radius 2 is 1.61 bits per heavy atom. The molecule has 0 saturated carbocycles. The highest BCUT2D eigenvalue weighted by molar-refractivity contribution is 5.26. The van der Waals surface area contributed by atoms with Gasteiger partial charge < -0.3 is 10.4 Å². The molecule has 2 rings (SSSR count). The summed E-state index contributed by atoms with van der Waals surface area (Å²) >= 11 is 0. The van der Waals surface area contributed by atoms with Crippen LogP contribution in [0.25, 0.3) is 0 Å². The van der Waals surface area contributed by atoms with Gasteiger partial charge in [0.2, 0.25) is 0 Å². The number of benzene rings is 2. The number of halogens is 3. The molecule has 0 amide bonds. The Kier molecular flexibility index (Phi) is 5.80. The summed E-state index contributed by atoms with van der Waals surface area (Å²) in [5.41, 5.74) is 0.952. The smallest absolute Gasteiger partial charge is 0.387 e. The van der Waals surface area contributed by atoms with Crippen LogP contribution >= 0.6 is 0 Å². The van der Waals surface area contributed by atoms with Crippen LogP contribution in [0.5, 0.6) is 0 Å². The van der Waals surface area contributed by atoms with Gasteiger partial charge in [-0.05, 0) is 36.6 Å². The van der Waals surface area contributed by atoms with Crippen LogP contribution in [0.3, 0.4) is 0 Å². The van der Waals surface area contributed by atoms with E-state index in [0.29, 0.717) is 12.1 Å². The second-order valence-electron chi connectivity index (χ2n) is 5.63. The van der Waals surface area contributed by atoms with Crippen LogP contribution in [0.1, 0.15) is 29.7 Å². The summed E-state index contributed by atoms with van der Waals surface area (Å²) in [5, 5.41) is 13.3. The van der Waals surface area contributed by atoms with E-state index in [4.69, 9.17) is 0 Å². The first-order chi connectivity index (χ1) is 10.9. The van der Waals surface area contributed by atoms with Gasteiger partial charge >= 0.3 is 6.18 Å². The quantitative estimate of drug-likeness (QED) is 0.843. The van der Waals surface area contributed by atoms with E-state index in [1.54, 1.807) is 0 Å². The van der Waals surface area contributed by atoms with Gasteiger partial charge in [-0.15, -0.1) is 0 Å². The Morgan fingerprint density at radius 1 is 1.00 bits per heavy atom. The zero-order chi connectivity index (χ0) is 16.9. The summed E-state index contributed by atoms with van der Waals surface area (Å²) in [5.74, 6) is 0. The van der Waals surface area contributed by atoms with E-state index < -0.39 is 17.8 Å². The molecule has 5 heteroatoms. The van der Waals surface area contributed by atoms with Gasteiger partial charge in [0.25, 0.3) is 0 Å². The standard InChI is InChI=1S/C18H20F3NO/c1-13(11-14-5-3-2-4-6-14)22-12-17(23)15-7-9-16(10-8-15)18(19,20)21/h2-10,13,17,22-23H,11-12H2,1H3. The molecule has 2 aromatic rings. The van der Waals surface area contributed by atoms with Crippen LogP contribution in [0.2, 0.25) is 0 Å². The first kappa shape index (κ1) is 17.5. The number of nitrogens with one attached hydrogen (secondary N) is 1. The molecule has 0 aliphatic carbocycles. The van der Waals surface area contributed by atoms with Crippen molar-refractivity contribution >= 4 is 0 Å². The van der Waals surface area contributed by atoms with E-state index in [2.05, 4.69) is 5.32 Å². The van der Waals surface area contributed by atoms with Crippen LogP contribution in [-0.2, 0) is 12.6 Å². The fraction of sp³-hybridized carbons (Fsp3) is 0.333. The molecular weight excluding hydrogens is 303 g/mol. The average Bonchev–Trinajstić information content (AvgIpc) is 2.53. The fourth-order valence-corrected chi connectivity index (χ4v) is 2.36. The Labute approximate surface area is 134 Å². The Balaban J connectivity index is 1.85. The molecule has 2 atom stereocenters. The SMILES string of the molecule is CC(Cc1ccccc1)NCC(O)c1ccc(C(F)(F)F)cc1. The van der Waals surface area contributed by atoms with Crippen molar-refractivity contribution in [2.24, 2.45) is 0 Å². The summed E-state index contributed by atoms with van der Waals surface area (Å²) in [7, 11) is 0. The van der Waals surface area contributed by atoms with Crippen molar-refractivity contribution in [1.29, 1.82) is 0 Å². The van der Waals surface area contributed by atoms with Gasteiger partial charge in [-0.1, -0.05) is 42.5 Å². The first-order valence-corrected chi connectivity index (χ1v) is 7.49.